The molecule has 0 aromatic carbocycles. The third-order valence-corrected chi connectivity index (χ3v) is 1.95. The third-order valence-electron chi connectivity index (χ3n) is 1.95. The van der Waals surface area contributed by atoms with E-state index in [1.807, 2.05) is 0 Å². The molecule has 0 atom stereocenters. The maximum Gasteiger partial charge on any atom is 0.154 e. The highest BCUT2D eigenvalue weighted by molar-refractivity contribution is 5.61. The Kier molecular flexibility index (Phi) is 1.94. The molecule has 0 saturated carbocycles. The lowest BCUT2D eigenvalue weighted by Crippen LogP contribution is -2.18. The molecule has 1 fully saturated rings. The molecule has 0 unspecified atom stereocenters. The molecule has 4 N–H and O–H groups in total. The van der Waals surface area contributed by atoms with Gasteiger partial charge in [0.2, 0.25) is 0 Å². The average Bonchev–Trinajstić information content (AvgIpc) is 2.62. The van der Waals surface area contributed by atoms with Gasteiger partial charge in [0, 0.05) is 6.54 Å². The van der Waals surface area contributed by atoms with Crippen LogP contribution < -0.4 is 16.5 Å². The van der Waals surface area contributed by atoms with E-state index < -0.39 is 0 Å². The van der Waals surface area contributed by atoms with E-state index in [2.05, 4.69) is 4.98 Å². The van der Waals surface area contributed by atoms with Crippen molar-refractivity contribution in [3.05, 3.63) is 12.1 Å². The zero-order chi connectivity index (χ0) is 9.26. The molecule has 2 heterocycles. The Balaban J connectivity index is 2.25. The summed E-state index contributed by atoms with van der Waals surface area (Å²) < 4.78 is 0. The SMILES string of the molecule is Nc1ccc(N2CCCO2)nc1N. The van der Waals surface area contributed by atoms with Crippen molar-refractivity contribution < 1.29 is 4.84 Å². The van der Waals surface area contributed by atoms with Crippen LogP contribution in [0.15, 0.2) is 12.1 Å². The highest BCUT2D eigenvalue weighted by Crippen LogP contribution is 2.20. The molecule has 0 amide bonds. The molecular formula is C8H12N4O. The smallest absolute Gasteiger partial charge is 0.154 e. The van der Waals surface area contributed by atoms with Gasteiger partial charge in [-0.2, -0.15) is 0 Å². The lowest BCUT2D eigenvalue weighted by atomic mass is 10.4. The predicted molar refractivity (Wildman–Crippen MR) is 51.0 cm³/mol. The van der Waals surface area contributed by atoms with E-state index in [0.29, 0.717) is 11.5 Å². The molecule has 0 radical (unpaired) electrons. The number of hydrogen-bond donors (Lipinski definition) is 2. The van der Waals surface area contributed by atoms with Crippen molar-refractivity contribution in [2.45, 2.75) is 6.42 Å². The molecule has 0 bridgehead atoms. The van der Waals surface area contributed by atoms with Gasteiger partial charge in [-0.25, -0.2) is 10.0 Å². The summed E-state index contributed by atoms with van der Waals surface area (Å²) in [4.78, 5) is 9.42. The number of pyridine rings is 1. The van der Waals surface area contributed by atoms with Crippen LogP contribution in [0.2, 0.25) is 0 Å². The van der Waals surface area contributed by atoms with Crippen LogP contribution in [0, 0.1) is 0 Å². The van der Waals surface area contributed by atoms with E-state index in [1.54, 1.807) is 17.2 Å². The monoisotopic (exact) mass is 180 g/mol. The number of hydrogen-bond acceptors (Lipinski definition) is 5. The second kappa shape index (κ2) is 3.10. The van der Waals surface area contributed by atoms with Gasteiger partial charge in [-0.05, 0) is 18.6 Å². The quantitative estimate of drug-likeness (QED) is 0.653. The van der Waals surface area contributed by atoms with Crippen LogP contribution in [0.25, 0.3) is 0 Å². The largest absolute Gasteiger partial charge is 0.396 e. The first kappa shape index (κ1) is 8.12. The van der Waals surface area contributed by atoms with E-state index in [9.17, 15) is 0 Å². The fourth-order valence-corrected chi connectivity index (χ4v) is 1.24. The summed E-state index contributed by atoms with van der Waals surface area (Å²) in [7, 11) is 0. The van der Waals surface area contributed by atoms with Crippen LogP contribution in [-0.4, -0.2) is 18.1 Å². The normalized spacial score (nSPS) is 16.5. The van der Waals surface area contributed by atoms with Crippen molar-refractivity contribution in [3.63, 3.8) is 0 Å². The molecule has 5 nitrogen and oxygen atoms in total. The van der Waals surface area contributed by atoms with Crippen LogP contribution in [0.3, 0.4) is 0 Å². The first-order valence-corrected chi connectivity index (χ1v) is 4.20. The zero-order valence-corrected chi connectivity index (χ0v) is 7.23. The first-order valence-electron chi connectivity index (χ1n) is 4.20. The number of rotatable bonds is 1. The highest BCUT2D eigenvalue weighted by atomic mass is 16.7. The van der Waals surface area contributed by atoms with Crippen molar-refractivity contribution in [2.24, 2.45) is 0 Å². The van der Waals surface area contributed by atoms with Crippen molar-refractivity contribution in [1.82, 2.24) is 4.98 Å². The molecular weight excluding hydrogens is 168 g/mol. The van der Waals surface area contributed by atoms with Crippen LogP contribution >= 0.6 is 0 Å². The van der Waals surface area contributed by atoms with Gasteiger partial charge in [0.25, 0.3) is 0 Å². The summed E-state index contributed by atoms with van der Waals surface area (Å²) in [5.74, 6) is 1.08. The number of nitrogens with two attached hydrogens (primary N) is 2. The van der Waals surface area contributed by atoms with Crippen LogP contribution in [0.5, 0.6) is 0 Å². The molecule has 0 aliphatic carbocycles. The van der Waals surface area contributed by atoms with Crippen LogP contribution in [0.4, 0.5) is 17.3 Å². The van der Waals surface area contributed by atoms with E-state index in [4.69, 9.17) is 16.3 Å². The van der Waals surface area contributed by atoms with E-state index in [1.165, 1.54) is 0 Å². The van der Waals surface area contributed by atoms with Crippen molar-refractivity contribution >= 4 is 17.3 Å². The second-order valence-electron chi connectivity index (χ2n) is 2.93. The third kappa shape index (κ3) is 1.50. The first-order chi connectivity index (χ1) is 6.27. The maximum absolute atomic E-state index is 5.57. The zero-order valence-electron chi connectivity index (χ0n) is 7.23. The van der Waals surface area contributed by atoms with Crippen LogP contribution in [0.1, 0.15) is 6.42 Å². The molecule has 1 aliphatic rings. The van der Waals surface area contributed by atoms with Gasteiger partial charge in [-0.1, -0.05) is 0 Å². The molecule has 1 aliphatic heterocycles. The molecule has 2 rings (SSSR count). The molecule has 5 heteroatoms. The summed E-state index contributed by atoms with van der Waals surface area (Å²) in [6.07, 6.45) is 1.02. The summed E-state index contributed by atoms with van der Waals surface area (Å²) >= 11 is 0. The van der Waals surface area contributed by atoms with Gasteiger partial charge in [0.1, 0.15) is 5.82 Å². The van der Waals surface area contributed by atoms with Crippen molar-refractivity contribution in [2.75, 3.05) is 29.7 Å². The van der Waals surface area contributed by atoms with Gasteiger partial charge in [-0.3, -0.25) is 4.84 Å². The van der Waals surface area contributed by atoms with E-state index >= 15 is 0 Å². The predicted octanol–water partition coefficient (Wildman–Crippen LogP) is 0.388. The fraction of sp³-hybridized carbons (Fsp3) is 0.375. The summed E-state index contributed by atoms with van der Waals surface area (Å²) in [5, 5.41) is 1.73. The Hall–Kier alpha value is -1.49. The number of aromatic nitrogens is 1. The van der Waals surface area contributed by atoms with Gasteiger partial charge in [-0.15, -0.1) is 0 Å². The number of hydroxylamine groups is 1. The Morgan fingerprint density at radius 3 is 2.85 bits per heavy atom. The minimum atomic E-state index is 0.355. The number of nitrogens with zero attached hydrogens (tertiary/aromatic N) is 2. The van der Waals surface area contributed by atoms with E-state index in [-0.39, 0.29) is 0 Å². The number of anilines is 3. The molecule has 70 valence electrons. The lowest BCUT2D eigenvalue weighted by molar-refractivity contribution is 0.166. The Labute approximate surface area is 76.2 Å². The Morgan fingerprint density at radius 2 is 2.23 bits per heavy atom. The topological polar surface area (TPSA) is 77.4 Å². The lowest BCUT2D eigenvalue weighted by Gasteiger charge is -2.15. The maximum atomic E-state index is 5.57. The summed E-state index contributed by atoms with van der Waals surface area (Å²) in [6, 6.07) is 3.54. The summed E-state index contributed by atoms with van der Waals surface area (Å²) in [6.45, 7) is 1.60. The van der Waals surface area contributed by atoms with Gasteiger partial charge in [0.15, 0.2) is 5.82 Å². The molecule has 0 spiro atoms. The van der Waals surface area contributed by atoms with Gasteiger partial charge < -0.3 is 11.5 Å². The van der Waals surface area contributed by atoms with Gasteiger partial charge in [0.05, 0.1) is 12.3 Å². The molecule has 13 heavy (non-hydrogen) atoms. The van der Waals surface area contributed by atoms with Crippen LogP contribution in [-0.2, 0) is 4.84 Å². The molecule has 1 aromatic heterocycles. The van der Waals surface area contributed by atoms with E-state index in [0.717, 1.165) is 25.4 Å². The molecule has 1 aromatic rings. The number of nitrogen functional groups attached to an aromatic ring is 2. The minimum Gasteiger partial charge on any atom is -0.396 e. The fourth-order valence-electron chi connectivity index (χ4n) is 1.24. The average molecular weight is 180 g/mol. The summed E-state index contributed by atoms with van der Waals surface area (Å²) in [5.41, 5.74) is 11.6. The van der Waals surface area contributed by atoms with Crippen molar-refractivity contribution in [3.8, 4) is 0 Å². The standard InChI is InChI=1S/C8H12N4O/c9-6-2-3-7(11-8(6)10)12-4-1-5-13-12/h2-3H,1,4-5,9H2,(H2,10,11). The molecule has 1 saturated heterocycles. The minimum absolute atomic E-state index is 0.355. The second-order valence-corrected chi connectivity index (χ2v) is 2.93. The highest BCUT2D eigenvalue weighted by Gasteiger charge is 2.14. The van der Waals surface area contributed by atoms with Gasteiger partial charge >= 0.3 is 0 Å². The van der Waals surface area contributed by atoms with Crippen molar-refractivity contribution in [1.29, 1.82) is 0 Å². The Morgan fingerprint density at radius 1 is 1.38 bits per heavy atom. The Bertz CT molecular complexity index is 309.